The molecule has 4 heterocycles. The van der Waals surface area contributed by atoms with Gasteiger partial charge in [0.1, 0.15) is 0 Å². The molecule has 0 bridgehead atoms. The molecule has 0 aliphatic carbocycles. The molecule has 2 saturated heterocycles. The standard InChI is InChI=1S/C19H24N4OS/c1-15-21-17(13-25-15)12-22-9-2-5-19(14-22)6-10-23(18(19)24)11-16-3-7-20-8-4-16/h3-4,7-8,13H,2,5-6,9-12,14H2,1H3. The highest BCUT2D eigenvalue weighted by Gasteiger charge is 2.48. The van der Waals surface area contributed by atoms with Crippen molar-refractivity contribution in [1.82, 2.24) is 19.8 Å². The van der Waals surface area contributed by atoms with E-state index in [1.165, 1.54) is 0 Å². The number of nitrogens with zero attached hydrogens (tertiary/aromatic N) is 4. The summed E-state index contributed by atoms with van der Waals surface area (Å²) in [7, 11) is 0. The van der Waals surface area contributed by atoms with Gasteiger partial charge in [0.15, 0.2) is 0 Å². The molecule has 132 valence electrons. The van der Waals surface area contributed by atoms with E-state index in [0.717, 1.165) is 61.7 Å². The maximum absolute atomic E-state index is 13.2. The zero-order chi connectivity index (χ0) is 17.3. The zero-order valence-corrected chi connectivity index (χ0v) is 15.5. The summed E-state index contributed by atoms with van der Waals surface area (Å²) in [6, 6.07) is 3.99. The van der Waals surface area contributed by atoms with Gasteiger partial charge < -0.3 is 4.90 Å². The molecular formula is C19H24N4OS. The van der Waals surface area contributed by atoms with Crippen molar-refractivity contribution in [2.24, 2.45) is 5.41 Å². The smallest absolute Gasteiger partial charge is 0.230 e. The van der Waals surface area contributed by atoms with Crippen LogP contribution in [0, 0.1) is 12.3 Å². The second kappa shape index (κ2) is 6.84. The molecule has 1 atom stereocenters. The molecule has 6 heteroatoms. The molecular weight excluding hydrogens is 332 g/mol. The summed E-state index contributed by atoms with van der Waals surface area (Å²) in [6.45, 7) is 6.41. The fourth-order valence-corrected chi connectivity index (χ4v) is 4.81. The number of hydrogen-bond donors (Lipinski definition) is 0. The summed E-state index contributed by atoms with van der Waals surface area (Å²) in [6.07, 6.45) is 6.68. The normalized spacial score (nSPS) is 24.4. The van der Waals surface area contributed by atoms with E-state index >= 15 is 0 Å². The molecule has 0 saturated carbocycles. The largest absolute Gasteiger partial charge is 0.338 e. The van der Waals surface area contributed by atoms with Crippen LogP contribution in [0.3, 0.4) is 0 Å². The molecule has 1 amide bonds. The van der Waals surface area contributed by atoms with Crippen LogP contribution >= 0.6 is 11.3 Å². The molecule has 2 aromatic heterocycles. The summed E-state index contributed by atoms with van der Waals surface area (Å²) in [4.78, 5) is 26.3. The zero-order valence-electron chi connectivity index (χ0n) is 14.6. The first kappa shape index (κ1) is 16.7. The van der Waals surface area contributed by atoms with Crippen molar-refractivity contribution in [1.29, 1.82) is 0 Å². The van der Waals surface area contributed by atoms with Gasteiger partial charge in [-0.3, -0.25) is 14.7 Å². The summed E-state index contributed by atoms with van der Waals surface area (Å²) >= 11 is 1.70. The van der Waals surface area contributed by atoms with E-state index in [1.54, 1.807) is 23.7 Å². The van der Waals surface area contributed by atoms with Crippen molar-refractivity contribution in [2.75, 3.05) is 19.6 Å². The van der Waals surface area contributed by atoms with Gasteiger partial charge in [-0.15, -0.1) is 11.3 Å². The molecule has 1 spiro atoms. The molecule has 2 aliphatic rings. The van der Waals surface area contributed by atoms with Gasteiger partial charge in [-0.2, -0.15) is 0 Å². The summed E-state index contributed by atoms with van der Waals surface area (Å²) in [5.41, 5.74) is 2.11. The fourth-order valence-electron chi connectivity index (χ4n) is 4.20. The summed E-state index contributed by atoms with van der Waals surface area (Å²) in [5.74, 6) is 0.337. The maximum atomic E-state index is 13.2. The number of aromatic nitrogens is 2. The van der Waals surface area contributed by atoms with Crippen molar-refractivity contribution in [2.45, 2.75) is 39.3 Å². The molecule has 0 radical (unpaired) electrons. The molecule has 0 aromatic carbocycles. The summed E-state index contributed by atoms with van der Waals surface area (Å²) < 4.78 is 0. The van der Waals surface area contributed by atoms with E-state index in [9.17, 15) is 4.79 Å². The number of rotatable bonds is 4. The van der Waals surface area contributed by atoms with Crippen LogP contribution < -0.4 is 0 Å². The molecule has 2 aromatic rings. The number of aryl methyl sites for hydroxylation is 1. The number of pyridine rings is 1. The van der Waals surface area contributed by atoms with Crippen LogP contribution in [0.5, 0.6) is 0 Å². The Hall–Kier alpha value is -1.79. The predicted octanol–water partition coefficient (Wildman–Crippen LogP) is 2.86. The van der Waals surface area contributed by atoms with E-state index in [2.05, 4.69) is 20.2 Å². The predicted molar refractivity (Wildman–Crippen MR) is 98.1 cm³/mol. The SMILES string of the molecule is Cc1nc(CN2CCCC3(CCN(Cc4ccncc4)C3=O)C2)cs1. The van der Waals surface area contributed by atoms with Crippen LogP contribution in [0.25, 0.3) is 0 Å². The Kier molecular flexibility index (Phi) is 4.56. The number of likely N-dealkylation sites (tertiary alicyclic amines) is 2. The average Bonchev–Trinajstić information content (AvgIpc) is 3.15. The Balaban J connectivity index is 1.43. The molecule has 2 fully saturated rings. The van der Waals surface area contributed by atoms with E-state index in [-0.39, 0.29) is 5.41 Å². The first-order valence-corrected chi connectivity index (χ1v) is 9.84. The number of carbonyl (C=O) groups excluding carboxylic acids is 1. The quantitative estimate of drug-likeness (QED) is 0.845. The van der Waals surface area contributed by atoms with Crippen LogP contribution in [0.1, 0.15) is 35.5 Å². The lowest BCUT2D eigenvalue weighted by atomic mass is 9.78. The van der Waals surface area contributed by atoms with Crippen LogP contribution in [0.4, 0.5) is 0 Å². The van der Waals surface area contributed by atoms with Crippen molar-refractivity contribution in [3.8, 4) is 0 Å². The van der Waals surface area contributed by atoms with Crippen LogP contribution in [0.15, 0.2) is 29.9 Å². The second-order valence-corrected chi connectivity index (χ2v) is 8.35. The van der Waals surface area contributed by atoms with E-state index in [1.807, 2.05) is 24.0 Å². The third-order valence-corrected chi connectivity index (χ3v) is 6.25. The Labute approximate surface area is 152 Å². The number of piperidine rings is 1. The lowest BCUT2D eigenvalue weighted by molar-refractivity contribution is -0.139. The van der Waals surface area contributed by atoms with Crippen LogP contribution in [0.2, 0.25) is 0 Å². The second-order valence-electron chi connectivity index (χ2n) is 7.28. The third kappa shape index (κ3) is 3.46. The number of thiazole rings is 1. The number of hydrogen-bond acceptors (Lipinski definition) is 5. The Morgan fingerprint density at radius 2 is 2.04 bits per heavy atom. The van der Waals surface area contributed by atoms with Gasteiger partial charge in [0, 0.05) is 44.0 Å². The Morgan fingerprint density at radius 3 is 2.80 bits per heavy atom. The van der Waals surface area contributed by atoms with Crippen molar-refractivity contribution in [3.63, 3.8) is 0 Å². The molecule has 0 N–H and O–H groups in total. The number of carbonyl (C=O) groups is 1. The van der Waals surface area contributed by atoms with Crippen molar-refractivity contribution < 1.29 is 4.79 Å². The minimum atomic E-state index is -0.184. The van der Waals surface area contributed by atoms with Crippen molar-refractivity contribution in [3.05, 3.63) is 46.2 Å². The summed E-state index contributed by atoms with van der Waals surface area (Å²) in [5, 5.41) is 3.25. The van der Waals surface area contributed by atoms with E-state index < -0.39 is 0 Å². The minimum absolute atomic E-state index is 0.184. The Bertz CT molecular complexity index is 747. The lowest BCUT2D eigenvalue weighted by Gasteiger charge is -2.38. The van der Waals surface area contributed by atoms with Crippen molar-refractivity contribution >= 4 is 17.2 Å². The highest BCUT2D eigenvalue weighted by molar-refractivity contribution is 7.09. The number of amides is 1. The van der Waals surface area contributed by atoms with Gasteiger partial charge in [-0.05, 0) is 50.4 Å². The average molecular weight is 356 g/mol. The minimum Gasteiger partial charge on any atom is -0.338 e. The highest BCUT2D eigenvalue weighted by Crippen LogP contribution is 2.41. The van der Waals surface area contributed by atoms with Gasteiger partial charge in [-0.1, -0.05) is 0 Å². The third-order valence-electron chi connectivity index (χ3n) is 5.43. The van der Waals surface area contributed by atoms with Gasteiger partial charge >= 0.3 is 0 Å². The highest BCUT2D eigenvalue weighted by atomic mass is 32.1. The molecule has 1 unspecified atom stereocenters. The first-order valence-electron chi connectivity index (χ1n) is 8.96. The van der Waals surface area contributed by atoms with Gasteiger partial charge in [0.05, 0.1) is 16.1 Å². The fraction of sp³-hybridized carbons (Fsp3) is 0.526. The monoisotopic (exact) mass is 356 g/mol. The van der Waals surface area contributed by atoms with Gasteiger partial charge in [-0.25, -0.2) is 4.98 Å². The molecule has 2 aliphatic heterocycles. The topological polar surface area (TPSA) is 49.3 Å². The maximum Gasteiger partial charge on any atom is 0.230 e. The molecule has 4 rings (SSSR count). The molecule has 5 nitrogen and oxygen atoms in total. The lowest BCUT2D eigenvalue weighted by Crippen LogP contribution is -2.47. The van der Waals surface area contributed by atoms with Crippen LogP contribution in [-0.4, -0.2) is 45.3 Å². The first-order chi connectivity index (χ1) is 12.1. The Morgan fingerprint density at radius 1 is 1.20 bits per heavy atom. The van der Waals surface area contributed by atoms with Gasteiger partial charge in [0.2, 0.25) is 5.91 Å². The van der Waals surface area contributed by atoms with E-state index in [4.69, 9.17) is 0 Å². The molecule has 25 heavy (non-hydrogen) atoms. The van der Waals surface area contributed by atoms with Gasteiger partial charge in [0.25, 0.3) is 0 Å². The van der Waals surface area contributed by atoms with Crippen LogP contribution in [-0.2, 0) is 17.9 Å². The van der Waals surface area contributed by atoms with E-state index in [0.29, 0.717) is 12.5 Å².